The standard InChI is InChI=1S/C26H23FN4O3S/c1-26(25(33)28-15-17-9-11-18(34-2)12-10-17)16-30-22(14-20(29-30)23-8-5-13-35-23)24(32)31(26)21-7-4-3-6-19(21)27/h3-14H,15-16H2,1-2H3,(H,28,33)/t26-/m1/s1. The summed E-state index contributed by atoms with van der Waals surface area (Å²) in [7, 11) is 1.59. The average molecular weight is 491 g/mol. The molecule has 0 spiro atoms. The molecule has 1 atom stereocenters. The van der Waals surface area contributed by atoms with E-state index >= 15 is 0 Å². The van der Waals surface area contributed by atoms with Gasteiger partial charge >= 0.3 is 0 Å². The highest BCUT2D eigenvalue weighted by molar-refractivity contribution is 7.13. The maximum atomic E-state index is 14.9. The van der Waals surface area contributed by atoms with Gasteiger partial charge in [-0.1, -0.05) is 30.3 Å². The molecule has 2 amide bonds. The van der Waals surface area contributed by atoms with E-state index in [9.17, 15) is 14.0 Å². The van der Waals surface area contributed by atoms with Gasteiger partial charge in [-0.15, -0.1) is 11.3 Å². The molecule has 5 rings (SSSR count). The molecule has 7 nitrogen and oxygen atoms in total. The minimum absolute atomic E-state index is 0.0460. The Hall–Kier alpha value is -3.98. The number of hydrogen-bond donors (Lipinski definition) is 1. The lowest BCUT2D eigenvalue weighted by atomic mass is 9.93. The second kappa shape index (κ2) is 8.99. The van der Waals surface area contributed by atoms with Gasteiger partial charge in [-0.3, -0.25) is 19.2 Å². The molecule has 4 aromatic rings. The summed E-state index contributed by atoms with van der Waals surface area (Å²) in [5.41, 5.74) is 0.431. The Bertz CT molecular complexity index is 1380. The average Bonchev–Trinajstić information content (AvgIpc) is 3.54. The summed E-state index contributed by atoms with van der Waals surface area (Å²) in [5, 5.41) is 9.45. The van der Waals surface area contributed by atoms with E-state index in [-0.39, 0.29) is 18.8 Å². The molecular formula is C26H23FN4O3S. The monoisotopic (exact) mass is 490 g/mol. The van der Waals surface area contributed by atoms with Gasteiger partial charge in [0.15, 0.2) is 0 Å². The number of hydrogen-bond acceptors (Lipinski definition) is 5. The number of thiophene rings is 1. The number of ether oxygens (including phenoxy) is 1. The lowest BCUT2D eigenvalue weighted by Crippen LogP contribution is -2.64. The zero-order valence-corrected chi connectivity index (χ0v) is 20.0. The fourth-order valence-corrected chi connectivity index (χ4v) is 4.93. The summed E-state index contributed by atoms with van der Waals surface area (Å²) in [4.78, 5) is 29.5. The maximum absolute atomic E-state index is 14.9. The third-order valence-electron chi connectivity index (χ3n) is 6.12. The van der Waals surface area contributed by atoms with E-state index in [1.807, 2.05) is 29.6 Å². The molecule has 3 heterocycles. The first-order valence-electron chi connectivity index (χ1n) is 11.0. The van der Waals surface area contributed by atoms with Crippen LogP contribution in [0.15, 0.2) is 72.1 Å². The Morgan fingerprint density at radius 2 is 1.94 bits per heavy atom. The minimum Gasteiger partial charge on any atom is -0.497 e. The highest BCUT2D eigenvalue weighted by Crippen LogP contribution is 2.36. The highest BCUT2D eigenvalue weighted by atomic mass is 32.1. The van der Waals surface area contributed by atoms with Crippen LogP contribution >= 0.6 is 11.3 Å². The summed E-state index contributed by atoms with van der Waals surface area (Å²) >= 11 is 1.51. The molecule has 0 saturated carbocycles. The Labute approximate surface area is 205 Å². The molecule has 0 saturated heterocycles. The van der Waals surface area contributed by atoms with Gasteiger partial charge in [0.25, 0.3) is 5.91 Å². The molecule has 1 aliphatic heterocycles. The van der Waals surface area contributed by atoms with Crippen molar-refractivity contribution in [1.82, 2.24) is 15.1 Å². The molecule has 0 bridgehead atoms. The quantitative estimate of drug-likeness (QED) is 0.432. The molecule has 1 aliphatic rings. The number of amides is 2. The van der Waals surface area contributed by atoms with Crippen molar-refractivity contribution in [1.29, 1.82) is 0 Å². The predicted molar refractivity (Wildman–Crippen MR) is 132 cm³/mol. The highest BCUT2D eigenvalue weighted by Gasteiger charge is 2.49. The summed E-state index contributed by atoms with van der Waals surface area (Å²) in [6.07, 6.45) is 0. The van der Waals surface area contributed by atoms with E-state index in [1.165, 1.54) is 28.4 Å². The van der Waals surface area contributed by atoms with E-state index < -0.39 is 23.2 Å². The van der Waals surface area contributed by atoms with E-state index in [1.54, 1.807) is 49.0 Å². The van der Waals surface area contributed by atoms with Crippen LogP contribution in [0.1, 0.15) is 23.0 Å². The van der Waals surface area contributed by atoms with Gasteiger partial charge in [0.2, 0.25) is 5.91 Å². The lowest BCUT2D eigenvalue weighted by Gasteiger charge is -2.43. The number of para-hydroxylation sites is 1. The smallest absolute Gasteiger partial charge is 0.277 e. The van der Waals surface area contributed by atoms with Gasteiger partial charge in [-0.25, -0.2) is 4.39 Å². The number of anilines is 1. The number of rotatable bonds is 6. The van der Waals surface area contributed by atoms with Crippen molar-refractivity contribution in [2.24, 2.45) is 0 Å². The minimum atomic E-state index is -1.42. The molecular weight excluding hydrogens is 467 g/mol. The van der Waals surface area contributed by atoms with Crippen LogP contribution in [0.4, 0.5) is 10.1 Å². The van der Waals surface area contributed by atoms with Crippen molar-refractivity contribution < 1.29 is 18.7 Å². The van der Waals surface area contributed by atoms with E-state index in [0.717, 1.165) is 10.4 Å². The summed E-state index contributed by atoms with van der Waals surface area (Å²) in [6.45, 7) is 1.95. The van der Waals surface area contributed by atoms with Crippen LogP contribution < -0.4 is 15.0 Å². The van der Waals surface area contributed by atoms with E-state index in [4.69, 9.17) is 4.74 Å². The number of halogens is 1. The SMILES string of the molecule is COc1ccc(CNC(=O)[C@@]2(C)Cn3nc(-c4cccs4)cc3C(=O)N2c2ccccc2F)cc1. The van der Waals surface area contributed by atoms with Crippen LogP contribution in [0.2, 0.25) is 0 Å². The fourth-order valence-electron chi connectivity index (χ4n) is 4.25. The first kappa shape index (κ1) is 22.8. The van der Waals surface area contributed by atoms with Crippen LogP contribution in [0.5, 0.6) is 5.75 Å². The lowest BCUT2D eigenvalue weighted by molar-refractivity contribution is -0.126. The molecule has 0 unspecified atom stereocenters. The van der Waals surface area contributed by atoms with E-state index in [0.29, 0.717) is 17.1 Å². The summed E-state index contributed by atoms with van der Waals surface area (Å²) < 4.78 is 21.6. The molecule has 35 heavy (non-hydrogen) atoms. The molecule has 0 radical (unpaired) electrons. The van der Waals surface area contributed by atoms with Crippen molar-refractivity contribution >= 4 is 28.8 Å². The Balaban J connectivity index is 1.51. The maximum Gasteiger partial charge on any atom is 0.277 e. The van der Waals surface area contributed by atoms with Gasteiger partial charge in [-0.05, 0) is 54.3 Å². The molecule has 9 heteroatoms. The summed E-state index contributed by atoms with van der Waals surface area (Å²) in [5.74, 6) is -0.771. The third-order valence-corrected chi connectivity index (χ3v) is 7.01. The van der Waals surface area contributed by atoms with Crippen molar-refractivity contribution in [2.45, 2.75) is 25.6 Å². The largest absolute Gasteiger partial charge is 0.497 e. The van der Waals surface area contributed by atoms with Crippen molar-refractivity contribution in [3.63, 3.8) is 0 Å². The van der Waals surface area contributed by atoms with Crippen LogP contribution in [0.3, 0.4) is 0 Å². The number of benzene rings is 2. The first-order chi connectivity index (χ1) is 16.9. The molecule has 0 aliphatic carbocycles. The van der Waals surface area contributed by atoms with Gasteiger partial charge in [0, 0.05) is 6.54 Å². The predicted octanol–water partition coefficient (Wildman–Crippen LogP) is 4.49. The zero-order chi connectivity index (χ0) is 24.6. The fraction of sp³-hybridized carbons (Fsp3) is 0.192. The number of fused-ring (bicyclic) bond motifs is 1. The number of carbonyl (C=O) groups excluding carboxylic acids is 2. The normalized spacial score (nSPS) is 17.2. The second-order valence-corrected chi connectivity index (χ2v) is 9.39. The van der Waals surface area contributed by atoms with Crippen LogP contribution in [-0.2, 0) is 17.9 Å². The van der Waals surface area contributed by atoms with Crippen LogP contribution in [0, 0.1) is 5.82 Å². The van der Waals surface area contributed by atoms with Gasteiger partial charge in [0.05, 0.1) is 24.2 Å². The topological polar surface area (TPSA) is 76.5 Å². The number of nitrogens with one attached hydrogen (secondary N) is 1. The van der Waals surface area contributed by atoms with Crippen molar-refractivity contribution in [2.75, 3.05) is 12.0 Å². The zero-order valence-electron chi connectivity index (χ0n) is 19.2. The number of aromatic nitrogens is 2. The molecule has 2 aromatic heterocycles. The summed E-state index contributed by atoms with van der Waals surface area (Å²) in [6, 6.07) is 18.8. The van der Waals surface area contributed by atoms with Crippen LogP contribution in [0.25, 0.3) is 10.6 Å². The third kappa shape index (κ3) is 4.08. The molecule has 2 aromatic carbocycles. The molecule has 178 valence electrons. The second-order valence-electron chi connectivity index (χ2n) is 8.45. The van der Waals surface area contributed by atoms with Gasteiger partial charge in [0.1, 0.15) is 28.5 Å². The Morgan fingerprint density at radius 1 is 1.17 bits per heavy atom. The van der Waals surface area contributed by atoms with Crippen molar-refractivity contribution in [3.05, 3.63) is 89.2 Å². The van der Waals surface area contributed by atoms with Crippen molar-refractivity contribution in [3.8, 4) is 16.3 Å². The number of nitrogens with zero attached hydrogens (tertiary/aromatic N) is 3. The van der Waals surface area contributed by atoms with Gasteiger partial charge in [-0.2, -0.15) is 5.10 Å². The molecule has 1 N–H and O–H groups in total. The number of carbonyl (C=O) groups is 2. The Morgan fingerprint density at radius 3 is 2.63 bits per heavy atom. The molecule has 0 fully saturated rings. The number of methoxy groups -OCH3 is 1. The Kier molecular flexibility index (Phi) is 5.86. The first-order valence-corrected chi connectivity index (χ1v) is 11.9. The van der Waals surface area contributed by atoms with E-state index in [2.05, 4.69) is 10.4 Å². The van der Waals surface area contributed by atoms with Gasteiger partial charge < -0.3 is 10.1 Å². The van der Waals surface area contributed by atoms with Crippen LogP contribution in [-0.4, -0.2) is 34.2 Å².